The van der Waals surface area contributed by atoms with Crippen molar-refractivity contribution in [2.75, 3.05) is 24.4 Å². The molecular weight excluding hydrogens is 400 g/mol. The molecule has 31 heavy (non-hydrogen) atoms. The molecule has 0 aliphatic heterocycles. The van der Waals surface area contributed by atoms with Crippen molar-refractivity contribution in [1.82, 2.24) is 0 Å². The van der Waals surface area contributed by atoms with Crippen molar-refractivity contribution in [1.29, 1.82) is 0 Å². The number of methoxy groups -OCH3 is 1. The molecule has 0 saturated carbocycles. The highest BCUT2D eigenvalue weighted by atomic mass is 16.5. The Bertz CT molecular complexity index is 924. The van der Waals surface area contributed by atoms with Gasteiger partial charge >= 0.3 is 11.9 Å². The van der Waals surface area contributed by atoms with Crippen LogP contribution in [-0.2, 0) is 30.3 Å². The van der Waals surface area contributed by atoms with Crippen LogP contribution in [-0.4, -0.2) is 37.5 Å². The third kappa shape index (κ3) is 7.93. The second-order valence-corrected chi connectivity index (χ2v) is 6.69. The zero-order valence-corrected chi connectivity index (χ0v) is 17.6. The van der Waals surface area contributed by atoms with Gasteiger partial charge in [0.2, 0.25) is 5.91 Å². The maximum absolute atomic E-state index is 12.0. The smallest absolute Gasteiger partial charge is 0.337 e. The van der Waals surface area contributed by atoms with Crippen LogP contribution >= 0.6 is 0 Å². The van der Waals surface area contributed by atoms with Crippen molar-refractivity contribution in [3.8, 4) is 0 Å². The number of rotatable bonds is 10. The second-order valence-electron chi connectivity index (χ2n) is 6.69. The highest BCUT2D eigenvalue weighted by Crippen LogP contribution is 2.15. The number of hydrogen-bond acceptors (Lipinski definition) is 6. The predicted molar refractivity (Wildman–Crippen MR) is 116 cm³/mol. The van der Waals surface area contributed by atoms with Gasteiger partial charge in [0.05, 0.1) is 12.7 Å². The third-order valence-corrected chi connectivity index (χ3v) is 4.41. The SMILES string of the molecule is CCc1ccccc1NC(=O)COC(=O)CCCC(=O)Nc1ccc(C(=O)OC)cc1. The average Bonchev–Trinajstić information content (AvgIpc) is 2.78. The van der Waals surface area contributed by atoms with E-state index in [4.69, 9.17) is 4.74 Å². The van der Waals surface area contributed by atoms with Crippen molar-refractivity contribution in [2.45, 2.75) is 32.6 Å². The van der Waals surface area contributed by atoms with Gasteiger partial charge in [-0.05, 0) is 48.7 Å². The van der Waals surface area contributed by atoms with Crippen LogP contribution in [0.3, 0.4) is 0 Å². The zero-order valence-electron chi connectivity index (χ0n) is 17.6. The number of carbonyl (C=O) groups excluding carboxylic acids is 4. The van der Waals surface area contributed by atoms with Crippen LogP contribution in [0.5, 0.6) is 0 Å². The molecule has 2 rings (SSSR count). The molecule has 0 bridgehead atoms. The number of amides is 2. The monoisotopic (exact) mass is 426 g/mol. The quantitative estimate of drug-likeness (QED) is 0.564. The first-order valence-corrected chi connectivity index (χ1v) is 9.94. The number of aryl methyl sites for hydroxylation is 1. The van der Waals surface area contributed by atoms with E-state index in [1.54, 1.807) is 30.3 Å². The Hall–Kier alpha value is -3.68. The number of ether oxygens (including phenoxy) is 2. The molecule has 0 aliphatic carbocycles. The molecule has 0 unspecified atom stereocenters. The predicted octanol–water partition coefficient (Wildman–Crippen LogP) is 3.33. The van der Waals surface area contributed by atoms with Crippen molar-refractivity contribution in [3.63, 3.8) is 0 Å². The number of benzene rings is 2. The summed E-state index contributed by atoms with van der Waals surface area (Å²) in [6, 6.07) is 13.7. The topological polar surface area (TPSA) is 111 Å². The molecule has 0 aromatic heterocycles. The Balaban J connectivity index is 1.66. The molecule has 2 aromatic carbocycles. The Morgan fingerprint density at radius 3 is 2.26 bits per heavy atom. The lowest BCUT2D eigenvalue weighted by molar-refractivity contribution is -0.147. The van der Waals surface area contributed by atoms with E-state index in [0.29, 0.717) is 16.9 Å². The molecule has 0 fully saturated rings. The fourth-order valence-corrected chi connectivity index (χ4v) is 2.78. The van der Waals surface area contributed by atoms with Crippen molar-refractivity contribution in [3.05, 3.63) is 59.7 Å². The van der Waals surface area contributed by atoms with Crippen LogP contribution in [0, 0.1) is 0 Å². The minimum Gasteiger partial charge on any atom is -0.465 e. The summed E-state index contributed by atoms with van der Waals surface area (Å²) in [5, 5.41) is 5.40. The number of anilines is 2. The summed E-state index contributed by atoms with van der Waals surface area (Å²) < 4.78 is 9.58. The highest BCUT2D eigenvalue weighted by Gasteiger charge is 2.11. The van der Waals surface area contributed by atoms with E-state index in [9.17, 15) is 19.2 Å². The standard InChI is InChI=1S/C23H26N2O6/c1-3-16-7-4-5-8-19(16)25-21(27)15-31-22(28)10-6-9-20(26)24-18-13-11-17(12-14-18)23(29)30-2/h4-5,7-8,11-14H,3,6,9-10,15H2,1-2H3,(H,24,26)(H,25,27). The van der Waals surface area contributed by atoms with Crippen molar-refractivity contribution in [2.24, 2.45) is 0 Å². The highest BCUT2D eigenvalue weighted by molar-refractivity contribution is 5.94. The van der Waals surface area contributed by atoms with Gasteiger partial charge in [-0.1, -0.05) is 25.1 Å². The van der Waals surface area contributed by atoms with Crippen molar-refractivity contribution < 1.29 is 28.7 Å². The molecule has 0 heterocycles. The number of carbonyl (C=O) groups is 4. The van der Waals surface area contributed by atoms with Crippen molar-refractivity contribution >= 4 is 35.1 Å². The van der Waals surface area contributed by atoms with Crippen LogP contribution in [0.25, 0.3) is 0 Å². The van der Waals surface area contributed by atoms with Gasteiger partial charge in [-0.25, -0.2) is 4.79 Å². The number of para-hydroxylation sites is 1. The molecule has 8 nitrogen and oxygen atoms in total. The van der Waals surface area contributed by atoms with Gasteiger partial charge in [0.1, 0.15) is 0 Å². The molecule has 2 aromatic rings. The van der Waals surface area contributed by atoms with Crippen LogP contribution < -0.4 is 10.6 Å². The molecule has 164 valence electrons. The van der Waals surface area contributed by atoms with Gasteiger partial charge < -0.3 is 20.1 Å². The molecule has 0 saturated heterocycles. The number of esters is 2. The molecule has 8 heteroatoms. The van der Waals surface area contributed by atoms with Gasteiger partial charge in [0, 0.05) is 24.2 Å². The summed E-state index contributed by atoms with van der Waals surface area (Å²) in [6.07, 6.45) is 1.19. The van der Waals surface area contributed by atoms with E-state index in [0.717, 1.165) is 12.0 Å². The molecule has 0 spiro atoms. The molecule has 0 radical (unpaired) electrons. The second kappa shape index (κ2) is 12.1. The van der Waals surface area contributed by atoms with E-state index in [1.807, 2.05) is 25.1 Å². The van der Waals surface area contributed by atoms with E-state index < -0.39 is 17.8 Å². The number of hydrogen-bond donors (Lipinski definition) is 2. The zero-order chi connectivity index (χ0) is 22.6. The summed E-state index contributed by atoms with van der Waals surface area (Å²) >= 11 is 0. The molecular formula is C23H26N2O6. The average molecular weight is 426 g/mol. The van der Waals surface area contributed by atoms with E-state index >= 15 is 0 Å². The molecule has 0 aliphatic rings. The summed E-state index contributed by atoms with van der Waals surface area (Å²) in [5.41, 5.74) is 2.60. The Morgan fingerprint density at radius 2 is 1.58 bits per heavy atom. The normalized spacial score (nSPS) is 10.1. The summed E-state index contributed by atoms with van der Waals surface area (Å²) in [5.74, 6) is -1.69. The first-order chi connectivity index (χ1) is 14.9. The first-order valence-electron chi connectivity index (χ1n) is 9.94. The fraction of sp³-hybridized carbons (Fsp3) is 0.304. The number of nitrogens with one attached hydrogen (secondary N) is 2. The van der Waals surface area contributed by atoms with E-state index in [2.05, 4.69) is 15.4 Å². The maximum Gasteiger partial charge on any atom is 0.337 e. The molecule has 2 N–H and O–H groups in total. The van der Waals surface area contributed by atoms with E-state index in [1.165, 1.54) is 7.11 Å². The van der Waals surface area contributed by atoms with Gasteiger partial charge in [0.15, 0.2) is 6.61 Å². The van der Waals surface area contributed by atoms with Gasteiger partial charge in [-0.2, -0.15) is 0 Å². The van der Waals surface area contributed by atoms with Gasteiger partial charge in [-0.3, -0.25) is 14.4 Å². The van der Waals surface area contributed by atoms with Gasteiger partial charge in [-0.15, -0.1) is 0 Å². The van der Waals surface area contributed by atoms with Gasteiger partial charge in [0.25, 0.3) is 5.91 Å². The largest absolute Gasteiger partial charge is 0.465 e. The lowest BCUT2D eigenvalue weighted by Crippen LogP contribution is -2.21. The molecule has 2 amide bonds. The summed E-state index contributed by atoms with van der Waals surface area (Å²) in [4.78, 5) is 47.2. The fourth-order valence-electron chi connectivity index (χ4n) is 2.78. The lowest BCUT2D eigenvalue weighted by Gasteiger charge is -2.10. The Kier molecular flexibility index (Phi) is 9.22. The summed E-state index contributed by atoms with van der Waals surface area (Å²) in [6.45, 7) is 1.61. The van der Waals surface area contributed by atoms with Crippen LogP contribution in [0.1, 0.15) is 42.1 Å². The van der Waals surface area contributed by atoms with Crippen LogP contribution in [0.15, 0.2) is 48.5 Å². The van der Waals surface area contributed by atoms with Crippen LogP contribution in [0.2, 0.25) is 0 Å². The molecule has 0 atom stereocenters. The van der Waals surface area contributed by atoms with E-state index in [-0.39, 0.29) is 31.8 Å². The third-order valence-electron chi connectivity index (χ3n) is 4.41. The lowest BCUT2D eigenvalue weighted by atomic mass is 10.1. The maximum atomic E-state index is 12.0. The van der Waals surface area contributed by atoms with Crippen LogP contribution in [0.4, 0.5) is 11.4 Å². The minimum atomic E-state index is -0.547. The Labute approximate surface area is 180 Å². The minimum absolute atomic E-state index is 0.0214. The first kappa shape index (κ1) is 23.6. The Morgan fingerprint density at radius 1 is 0.871 bits per heavy atom. The summed E-state index contributed by atoms with van der Waals surface area (Å²) in [7, 11) is 1.29.